The van der Waals surface area contributed by atoms with Crippen molar-refractivity contribution in [3.63, 3.8) is 0 Å². The summed E-state index contributed by atoms with van der Waals surface area (Å²) in [5.41, 5.74) is 2.93. The van der Waals surface area contributed by atoms with Crippen LogP contribution in [0, 0.1) is 6.92 Å². The van der Waals surface area contributed by atoms with Crippen molar-refractivity contribution in [3.05, 3.63) is 47.2 Å². The molecule has 0 bridgehead atoms. The molecule has 2 atom stereocenters. The predicted octanol–water partition coefficient (Wildman–Crippen LogP) is 2.03. The fourth-order valence-electron chi connectivity index (χ4n) is 3.77. The Bertz CT molecular complexity index is 903. The zero-order valence-electron chi connectivity index (χ0n) is 13.4. The molecule has 6 nitrogen and oxygen atoms in total. The molecule has 0 aliphatic carbocycles. The second-order valence-corrected chi connectivity index (χ2v) is 8.79. The van der Waals surface area contributed by atoms with Crippen molar-refractivity contribution in [3.8, 4) is 0 Å². The average molecular weight is 345 g/mol. The number of nitrogens with zero attached hydrogens (tertiary/aromatic N) is 2. The van der Waals surface area contributed by atoms with Crippen molar-refractivity contribution in [1.29, 1.82) is 0 Å². The summed E-state index contributed by atoms with van der Waals surface area (Å²) in [5, 5.41) is 7.51. The van der Waals surface area contributed by atoms with Crippen molar-refractivity contribution in [2.24, 2.45) is 0 Å². The van der Waals surface area contributed by atoms with Gasteiger partial charge in [0.1, 0.15) is 5.82 Å². The first kappa shape index (κ1) is 15.4. The number of hydrogen-bond acceptors (Lipinski definition) is 4. The van der Waals surface area contributed by atoms with Crippen LogP contribution in [0.4, 0.5) is 5.82 Å². The van der Waals surface area contributed by atoms with E-state index in [2.05, 4.69) is 10.4 Å². The highest BCUT2D eigenvalue weighted by Gasteiger charge is 2.37. The molecule has 2 unspecified atom stereocenters. The third-order valence-corrected chi connectivity index (χ3v) is 6.63. The lowest BCUT2D eigenvalue weighted by Crippen LogP contribution is -2.26. The van der Waals surface area contributed by atoms with E-state index in [9.17, 15) is 13.2 Å². The van der Waals surface area contributed by atoms with Crippen LogP contribution >= 0.6 is 0 Å². The molecule has 1 fully saturated rings. The van der Waals surface area contributed by atoms with Gasteiger partial charge in [0, 0.05) is 17.9 Å². The summed E-state index contributed by atoms with van der Waals surface area (Å²) in [7, 11) is -3.01. The monoisotopic (exact) mass is 345 g/mol. The van der Waals surface area contributed by atoms with Gasteiger partial charge in [-0.05, 0) is 18.9 Å². The summed E-state index contributed by atoms with van der Waals surface area (Å²) in [6.07, 6.45) is 0.925. The molecule has 1 saturated heterocycles. The zero-order valence-corrected chi connectivity index (χ0v) is 14.2. The zero-order chi connectivity index (χ0) is 16.9. The Balaban J connectivity index is 1.81. The first-order valence-electron chi connectivity index (χ1n) is 8.09. The second-order valence-electron chi connectivity index (χ2n) is 6.56. The lowest BCUT2D eigenvalue weighted by molar-refractivity contribution is -0.116. The van der Waals surface area contributed by atoms with Gasteiger partial charge < -0.3 is 5.32 Å². The number of carbonyl (C=O) groups is 1. The molecular weight excluding hydrogens is 326 g/mol. The maximum Gasteiger partial charge on any atom is 0.226 e. The Labute approximate surface area is 140 Å². The number of benzene rings is 1. The fourth-order valence-corrected chi connectivity index (χ4v) is 5.47. The van der Waals surface area contributed by atoms with Crippen molar-refractivity contribution in [2.75, 3.05) is 16.8 Å². The van der Waals surface area contributed by atoms with E-state index in [-0.39, 0.29) is 29.4 Å². The molecule has 1 amide bonds. The van der Waals surface area contributed by atoms with E-state index < -0.39 is 9.84 Å². The molecule has 24 heavy (non-hydrogen) atoms. The van der Waals surface area contributed by atoms with Gasteiger partial charge >= 0.3 is 0 Å². The Hall–Kier alpha value is -2.15. The van der Waals surface area contributed by atoms with Crippen LogP contribution in [0.1, 0.15) is 41.6 Å². The van der Waals surface area contributed by atoms with E-state index in [1.807, 2.05) is 37.3 Å². The van der Waals surface area contributed by atoms with Gasteiger partial charge in [0.2, 0.25) is 5.91 Å². The van der Waals surface area contributed by atoms with Crippen molar-refractivity contribution in [2.45, 2.75) is 31.7 Å². The lowest BCUT2D eigenvalue weighted by Gasteiger charge is -2.25. The lowest BCUT2D eigenvalue weighted by atomic mass is 9.86. The van der Waals surface area contributed by atoms with Gasteiger partial charge in [-0.2, -0.15) is 5.10 Å². The molecule has 2 aromatic rings. The summed E-state index contributed by atoms with van der Waals surface area (Å²) in [4.78, 5) is 12.2. The van der Waals surface area contributed by atoms with Crippen LogP contribution in [0.15, 0.2) is 30.3 Å². The Morgan fingerprint density at radius 1 is 1.25 bits per heavy atom. The number of amides is 1. The van der Waals surface area contributed by atoms with Crippen molar-refractivity contribution < 1.29 is 13.2 Å². The minimum atomic E-state index is -3.01. The fraction of sp³-hybridized carbons (Fsp3) is 0.412. The van der Waals surface area contributed by atoms with E-state index >= 15 is 0 Å². The number of nitrogens with one attached hydrogen (secondary N) is 1. The summed E-state index contributed by atoms with van der Waals surface area (Å²) in [5.74, 6) is 0.841. The molecule has 126 valence electrons. The van der Waals surface area contributed by atoms with Gasteiger partial charge in [0.05, 0.1) is 23.2 Å². The first-order chi connectivity index (χ1) is 11.4. The van der Waals surface area contributed by atoms with Gasteiger partial charge in [0.15, 0.2) is 9.84 Å². The number of hydrogen-bond donors (Lipinski definition) is 1. The second kappa shape index (κ2) is 5.44. The number of sulfone groups is 1. The van der Waals surface area contributed by atoms with Crippen LogP contribution < -0.4 is 5.32 Å². The molecule has 1 aromatic heterocycles. The average Bonchev–Trinajstić information content (AvgIpc) is 3.07. The number of aryl methyl sites for hydroxylation is 1. The summed E-state index contributed by atoms with van der Waals surface area (Å²) < 4.78 is 25.3. The highest BCUT2D eigenvalue weighted by atomic mass is 32.2. The molecule has 1 N–H and O–H groups in total. The SMILES string of the molecule is Cc1nn(C2CCS(=O)(=O)C2)c2c1C(c1ccccc1)CC(=O)N2. The van der Waals surface area contributed by atoms with E-state index in [1.54, 1.807) is 4.68 Å². The molecule has 0 radical (unpaired) electrons. The summed E-state index contributed by atoms with van der Waals surface area (Å²) in [6.45, 7) is 1.92. The Morgan fingerprint density at radius 3 is 2.67 bits per heavy atom. The molecule has 3 heterocycles. The maximum absolute atomic E-state index is 12.2. The van der Waals surface area contributed by atoms with Crippen LogP contribution in [-0.2, 0) is 14.6 Å². The van der Waals surface area contributed by atoms with Gasteiger partial charge in [-0.1, -0.05) is 30.3 Å². The van der Waals surface area contributed by atoms with Gasteiger partial charge in [0.25, 0.3) is 0 Å². The minimum absolute atomic E-state index is 0.0401. The molecule has 0 spiro atoms. The highest BCUT2D eigenvalue weighted by Crippen LogP contribution is 2.41. The van der Waals surface area contributed by atoms with Crippen LogP contribution in [-0.4, -0.2) is 35.6 Å². The molecule has 1 aromatic carbocycles. The highest BCUT2D eigenvalue weighted by molar-refractivity contribution is 7.91. The number of carbonyl (C=O) groups excluding carboxylic acids is 1. The first-order valence-corrected chi connectivity index (χ1v) is 9.91. The summed E-state index contributed by atoms with van der Waals surface area (Å²) in [6, 6.07) is 9.71. The van der Waals surface area contributed by atoms with Crippen LogP contribution in [0.25, 0.3) is 0 Å². The summed E-state index contributed by atoms with van der Waals surface area (Å²) >= 11 is 0. The van der Waals surface area contributed by atoms with Crippen molar-refractivity contribution in [1.82, 2.24) is 9.78 Å². The largest absolute Gasteiger partial charge is 0.311 e. The van der Waals surface area contributed by atoms with Crippen LogP contribution in [0.3, 0.4) is 0 Å². The smallest absolute Gasteiger partial charge is 0.226 e. The van der Waals surface area contributed by atoms with E-state index in [4.69, 9.17) is 0 Å². The number of fused-ring (bicyclic) bond motifs is 1. The molecule has 2 aliphatic heterocycles. The number of aromatic nitrogens is 2. The van der Waals surface area contributed by atoms with E-state index in [0.717, 1.165) is 16.8 Å². The van der Waals surface area contributed by atoms with Gasteiger partial charge in [-0.25, -0.2) is 13.1 Å². The molecule has 0 saturated carbocycles. The Kier molecular flexibility index (Phi) is 3.49. The standard InChI is InChI=1S/C17H19N3O3S/c1-11-16-14(12-5-3-2-4-6-12)9-15(21)18-17(16)20(19-11)13-7-8-24(22,23)10-13/h2-6,13-14H,7-10H2,1H3,(H,18,21). The molecule has 2 aliphatic rings. The van der Waals surface area contributed by atoms with Crippen LogP contribution in [0.2, 0.25) is 0 Å². The van der Waals surface area contributed by atoms with Crippen LogP contribution in [0.5, 0.6) is 0 Å². The maximum atomic E-state index is 12.2. The number of rotatable bonds is 2. The minimum Gasteiger partial charge on any atom is -0.311 e. The topological polar surface area (TPSA) is 81.1 Å². The molecule has 7 heteroatoms. The predicted molar refractivity (Wildman–Crippen MR) is 90.8 cm³/mol. The quantitative estimate of drug-likeness (QED) is 0.903. The third-order valence-electron chi connectivity index (χ3n) is 4.88. The van der Waals surface area contributed by atoms with Gasteiger partial charge in [-0.3, -0.25) is 4.79 Å². The van der Waals surface area contributed by atoms with E-state index in [1.165, 1.54) is 0 Å². The number of anilines is 1. The van der Waals surface area contributed by atoms with Crippen molar-refractivity contribution >= 4 is 21.6 Å². The normalized spacial score (nSPS) is 25.3. The molecular formula is C17H19N3O3S. The van der Waals surface area contributed by atoms with Gasteiger partial charge in [-0.15, -0.1) is 0 Å². The van der Waals surface area contributed by atoms with E-state index in [0.29, 0.717) is 18.7 Å². The Morgan fingerprint density at radius 2 is 2.00 bits per heavy atom. The molecule has 4 rings (SSSR count). The third kappa shape index (κ3) is 2.53.